The van der Waals surface area contributed by atoms with Crippen LogP contribution in [0.15, 0.2) is 48.5 Å². The number of rotatable bonds is 6. The number of nitrogens with one attached hydrogen (secondary N) is 1. The van der Waals surface area contributed by atoms with Crippen LogP contribution in [0.3, 0.4) is 0 Å². The SMILES string of the molecule is COc1ccc(C(Nc2ccc(CO)cc2)C2CC2)cc1. The largest absolute Gasteiger partial charge is 0.497 e. The molecule has 3 heteroatoms. The normalized spacial score (nSPS) is 15.5. The van der Waals surface area contributed by atoms with Gasteiger partial charge in [-0.1, -0.05) is 24.3 Å². The number of benzene rings is 2. The molecule has 110 valence electrons. The molecule has 0 amide bonds. The Bertz CT molecular complexity index is 573. The van der Waals surface area contributed by atoms with Crippen LogP contribution >= 0.6 is 0 Å². The van der Waals surface area contributed by atoms with E-state index >= 15 is 0 Å². The van der Waals surface area contributed by atoms with E-state index in [4.69, 9.17) is 9.84 Å². The molecule has 1 fully saturated rings. The number of methoxy groups -OCH3 is 1. The number of hydrogen-bond donors (Lipinski definition) is 2. The number of ether oxygens (including phenoxy) is 1. The predicted octanol–water partition coefficient (Wildman–Crippen LogP) is 3.75. The van der Waals surface area contributed by atoms with E-state index in [1.165, 1.54) is 18.4 Å². The van der Waals surface area contributed by atoms with Crippen molar-refractivity contribution in [3.05, 3.63) is 59.7 Å². The highest BCUT2D eigenvalue weighted by Gasteiger charge is 2.32. The van der Waals surface area contributed by atoms with Crippen molar-refractivity contribution in [1.29, 1.82) is 0 Å². The van der Waals surface area contributed by atoms with Gasteiger partial charge in [0, 0.05) is 5.69 Å². The second-order valence-corrected chi connectivity index (χ2v) is 5.59. The highest BCUT2D eigenvalue weighted by Crippen LogP contribution is 2.43. The van der Waals surface area contributed by atoms with Crippen LogP contribution in [-0.4, -0.2) is 12.2 Å². The summed E-state index contributed by atoms with van der Waals surface area (Å²) >= 11 is 0. The van der Waals surface area contributed by atoms with E-state index in [-0.39, 0.29) is 6.61 Å². The molecule has 0 saturated heterocycles. The predicted molar refractivity (Wildman–Crippen MR) is 84.4 cm³/mol. The van der Waals surface area contributed by atoms with Crippen LogP contribution in [0.5, 0.6) is 5.75 Å². The average Bonchev–Trinajstić information content (AvgIpc) is 3.38. The van der Waals surface area contributed by atoms with E-state index in [0.717, 1.165) is 17.0 Å². The summed E-state index contributed by atoms with van der Waals surface area (Å²) in [5, 5.41) is 12.7. The molecule has 0 aliphatic heterocycles. The van der Waals surface area contributed by atoms with Crippen LogP contribution < -0.4 is 10.1 Å². The van der Waals surface area contributed by atoms with Crippen LogP contribution in [0.4, 0.5) is 5.69 Å². The monoisotopic (exact) mass is 283 g/mol. The maximum atomic E-state index is 9.10. The van der Waals surface area contributed by atoms with Crippen LogP contribution in [-0.2, 0) is 6.61 Å². The van der Waals surface area contributed by atoms with Crippen molar-refractivity contribution in [1.82, 2.24) is 0 Å². The van der Waals surface area contributed by atoms with Gasteiger partial charge in [-0.05, 0) is 54.2 Å². The van der Waals surface area contributed by atoms with Crippen LogP contribution in [0.25, 0.3) is 0 Å². The average molecular weight is 283 g/mol. The third kappa shape index (κ3) is 3.37. The van der Waals surface area contributed by atoms with Gasteiger partial charge in [0.1, 0.15) is 5.75 Å². The second kappa shape index (κ2) is 6.19. The quantitative estimate of drug-likeness (QED) is 0.848. The van der Waals surface area contributed by atoms with Gasteiger partial charge in [-0.15, -0.1) is 0 Å². The summed E-state index contributed by atoms with van der Waals surface area (Å²) in [6, 6.07) is 16.6. The Kier molecular flexibility index (Phi) is 4.11. The molecule has 21 heavy (non-hydrogen) atoms. The summed E-state index contributed by atoms with van der Waals surface area (Å²) in [6.45, 7) is 0.0881. The molecule has 2 N–H and O–H groups in total. The van der Waals surface area contributed by atoms with Gasteiger partial charge < -0.3 is 15.2 Å². The zero-order chi connectivity index (χ0) is 14.7. The van der Waals surface area contributed by atoms with Crippen molar-refractivity contribution in [3.63, 3.8) is 0 Å². The van der Waals surface area contributed by atoms with Crippen molar-refractivity contribution in [2.75, 3.05) is 12.4 Å². The van der Waals surface area contributed by atoms with Gasteiger partial charge in [0.25, 0.3) is 0 Å². The Morgan fingerprint density at radius 3 is 2.29 bits per heavy atom. The molecule has 1 unspecified atom stereocenters. The first-order chi connectivity index (χ1) is 10.3. The molecule has 3 nitrogen and oxygen atoms in total. The van der Waals surface area contributed by atoms with E-state index in [9.17, 15) is 0 Å². The Hall–Kier alpha value is -2.00. The minimum absolute atomic E-state index is 0.0881. The number of hydrogen-bond acceptors (Lipinski definition) is 3. The standard InChI is InChI=1S/C18H21NO2/c1-21-17-10-6-15(7-11-17)18(14-4-5-14)19-16-8-2-13(12-20)3-9-16/h2-3,6-11,14,18-20H,4-5,12H2,1H3. The van der Waals surface area contributed by atoms with E-state index in [0.29, 0.717) is 12.0 Å². The molecule has 2 aromatic carbocycles. The second-order valence-electron chi connectivity index (χ2n) is 5.59. The van der Waals surface area contributed by atoms with Crippen molar-refractivity contribution in [3.8, 4) is 5.75 Å². The van der Waals surface area contributed by atoms with E-state index < -0.39 is 0 Å². The van der Waals surface area contributed by atoms with E-state index in [1.807, 2.05) is 36.4 Å². The molecule has 0 heterocycles. The zero-order valence-electron chi connectivity index (χ0n) is 12.3. The zero-order valence-corrected chi connectivity index (χ0v) is 12.3. The highest BCUT2D eigenvalue weighted by atomic mass is 16.5. The number of anilines is 1. The van der Waals surface area contributed by atoms with Gasteiger partial charge in [-0.3, -0.25) is 0 Å². The molecule has 0 bridgehead atoms. The third-order valence-corrected chi connectivity index (χ3v) is 4.03. The first-order valence-corrected chi connectivity index (χ1v) is 7.40. The lowest BCUT2D eigenvalue weighted by atomic mass is 10.0. The number of aliphatic hydroxyl groups excluding tert-OH is 1. The van der Waals surface area contributed by atoms with Crippen molar-refractivity contribution in [2.24, 2.45) is 5.92 Å². The van der Waals surface area contributed by atoms with Crippen molar-refractivity contribution < 1.29 is 9.84 Å². The molecule has 1 aliphatic rings. The Morgan fingerprint density at radius 2 is 1.76 bits per heavy atom. The maximum absolute atomic E-state index is 9.10. The molecule has 1 aliphatic carbocycles. The van der Waals surface area contributed by atoms with Crippen molar-refractivity contribution >= 4 is 5.69 Å². The minimum Gasteiger partial charge on any atom is -0.497 e. The summed E-state index contributed by atoms with van der Waals surface area (Å²) in [7, 11) is 1.69. The molecular weight excluding hydrogens is 262 g/mol. The van der Waals surface area contributed by atoms with E-state index in [1.54, 1.807) is 7.11 Å². The molecule has 0 radical (unpaired) electrons. The van der Waals surface area contributed by atoms with Gasteiger partial charge in [0.05, 0.1) is 19.8 Å². The molecular formula is C18H21NO2. The molecule has 3 rings (SSSR count). The van der Waals surface area contributed by atoms with Gasteiger partial charge in [0.15, 0.2) is 0 Å². The molecule has 1 atom stereocenters. The maximum Gasteiger partial charge on any atom is 0.118 e. The Labute approximate surface area is 125 Å². The van der Waals surface area contributed by atoms with Crippen molar-refractivity contribution in [2.45, 2.75) is 25.5 Å². The number of aliphatic hydroxyl groups is 1. The van der Waals surface area contributed by atoms with Crippen LogP contribution in [0, 0.1) is 5.92 Å². The third-order valence-electron chi connectivity index (χ3n) is 4.03. The topological polar surface area (TPSA) is 41.5 Å². The molecule has 2 aromatic rings. The fourth-order valence-corrected chi connectivity index (χ4v) is 2.60. The fourth-order valence-electron chi connectivity index (χ4n) is 2.60. The van der Waals surface area contributed by atoms with Gasteiger partial charge in [-0.25, -0.2) is 0 Å². The Balaban J connectivity index is 1.77. The van der Waals surface area contributed by atoms with Gasteiger partial charge in [0.2, 0.25) is 0 Å². The first-order valence-electron chi connectivity index (χ1n) is 7.40. The summed E-state index contributed by atoms with van der Waals surface area (Å²) in [5.74, 6) is 1.59. The summed E-state index contributed by atoms with van der Waals surface area (Å²) < 4.78 is 5.22. The Morgan fingerprint density at radius 1 is 1.10 bits per heavy atom. The van der Waals surface area contributed by atoms with E-state index in [2.05, 4.69) is 17.4 Å². The molecule has 1 saturated carbocycles. The lowest BCUT2D eigenvalue weighted by Gasteiger charge is -2.20. The molecule has 0 spiro atoms. The smallest absolute Gasteiger partial charge is 0.118 e. The lowest BCUT2D eigenvalue weighted by molar-refractivity contribution is 0.282. The first kappa shape index (κ1) is 14.0. The molecule has 0 aromatic heterocycles. The van der Waals surface area contributed by atoms with Gasteiger partial charge in [-0.2, -0.15) is 0 Å². The highest BCUT2D eigenvalue weighted by molar-refractivity contribution is 5.47. The summed E-state index contributed by atoms with van der Waals surface area (Å²) in [5.41, 5.74) is 3.33. The lowest BCUT2D eigenvalue weighted by Crippen LogP contribution is -2.12. The fraction of sp³-hybridized carbons (Fsp3) is 0.333. The minimum atomic E-state index is 0.0881. The summed E-state index contributed by atoms with van der Waals surface area (Å²) in [6.07, 6.45) is 2.55. The van der Waals surface area contributed by atoms with Crippen LogP contribution in [0.1, 0.15) is 30.0 Å². The summed E-state index contributed by atoms with van der Waals surface area (Å²) in [4.78, 5) is 0. The van der Waals surface area contributed by atoms with Gasteiger partial charge >= 0.3 is 0 Å². The van der Waals surface area contributed by atoms with Crippen LogP contribution in [0.2, 0.25) is 0 Å².